The number of hydrogen-bond donors (Lipinski definition) is 1. The maximum atomic E-state index is 9.03. The second-order valence-corrected chi connectivity index (χ2v) is 4.85. The zero-order chi connectivity index (χ0) is 14.8. The third kappa shape index (κ3) is 2.53. The molecule has 8 heteroatoms. The molecule has 0 aliphatic rings. The van der Waals surface area contributed by atoms with Crippen molar-refractivity contribution in [2.24, 2.45) is 0 Å². The topological polar surface area (TPSA) is 83.8 Å². The van der Waals surface area contributed by atoms with E-state index in [0.717, 1.165) is 13.0 Å². The molecule has 0 bridgehead atoms. The molecule has 0 radical (unpaired) electrons. The zero-order valence-electron chi connectivity index (χ0n) is 11.3. The van der Waals surface area contributed by atoms with E-state index in [-0.39, 0.29) is 5.15 Å². The van der Waals surface area contributed by atoms with Gasteiger partial charge in [-0.25, -0.2) is 4.98 Å². The Hall–Kier alpha value is -2.59. The van der Waals surface area contributed by atoms with Gasteiger partial charge in [0.1, 0.15) is 6.07 Å². The number of aryl methyl sites for hydroxylation is 1. The van der Waals surface area contributed by atoms with Crippen LogP contribution in [0.2, 0.25) is 5.15 Å². The summed E-state index contributed by atoms with van der Waals surface area (Å²) in [5.41, 5.74) is 1.51. The van der Waals surface area contributed by atoms with Gasteiger partial charge in [-0.15, -0.1) is 0 Å². The van der Waals surface area contributed by atoms with Crippen LogP contribution in [-0.4, -0.2) is 24.4 Å². The molecule has 0 atom stereocenters. The van der Waals surface area contributed by atoms with E-state index in [1.54, 1.807) is 6.07 Å². The summed E-state index contributed by atoms with van der Waals surface area (Å²) in [6.07, 6.45) is 4.37. The predicted octanol–water partition coefficient (Wildman–Crippen LogP) is 2.60. The van der Waals surface area contributed by atoms with Crippen LogP contribution in [0.4, 0.5) is 11.5 Å². The molecule has 3 rings (SSSR count). The van der Waals surface area contributed by atoms with Crippen LogP contribution in [0.3, 0.4) is 0 Å². The zero-order valence-corrected chi connectivity index (χ0v) is 12.0. The second-order valence-electron chi connectivity index (χ2n) is 4.46. The monoisotopic (exact) mass is 301 g/mol. The third-order valence-electron chi connectivity index (χ3n) is 2.91. The summed E-state index contributed by atoms with van der Waals surface area (Å²) in [5.74, 6) is 0.689. The summed E-state index contributed by atoms with van der Waals surface area (Å²) in [4.78, 5) is 4.19. The summed E-state index contributed by atoms with van der Waals surface area (Å²) in [7, 11) is 0. The van der Waals surface area contributed by atoms with Crippen LogP contribution in [0, 0.1) is 11.3 Å². The van der Waals surface area contributed by atoms with Gasteiger partial charge < -0.3 is 5.32 Å². The Labute approximate surface area is 125 Å². The lowest BCUT2D eigenvalue weighted by atomic mass is 10.4. The maximum absolute atomic E-state index is 9.03. The van der Waals surface area contributed by atoms with Gasteiger partial charge in [-0.05, 0) is 6.42 Å². The molecule has 0 aromatic carbocycles. The van der Waals surface area contributed by atoms with Crippen molar-refractivity contribution in [2.75, 3.05) is 5.32 Å². The number of fused-ring (bicyclic) bond motifs is 1. The van der Waals surface area contributed by atoms with Crippen molar-refractivity contribution in [3.8, 4) is 6.07 Å². The first-order valence-electron chi connectivity index (χ1n) is 6.46. The van der Waals surface area contributed by atoms with Crippen molar-refractivity contribution in [1.29, 1.82) is 5.26 Å². The fourth-order valence-electron chi connectivity index (χ4n) is 2.03. The van der Waals surface area contributed by atoms with Gasteiger partial charge >= 0.3 is 0 Å². The Balaban J connectivity index is 1.99. The van der Waals surface area contributed by atoms with Gasteiger partial charge in [0.2, 0.25) is 0 Å². The molecule has 0 spiro atoms. The highest BCUT2D eigenvalue weighted by atomic mass is 35.5. The molecule has 3 aromatic rings. The second kappa shape index (κ2) is 5.42. The molecule has 0 aliphatic carbocycles. The van der Waals surface area contributed by atoms with Crippen LogP contribution < -0.4 is 5.32 Å². The number of aromatic nitrogens is 5. The molecule has 3 heterocycles. The average molecular weight is 302 g/mol. The molecule has 0 amide bonds. The molecule has 0 aliphatic heterocycles. The van der Waals surface area contributed by atoms with E-state index >= 15 is 0 Å². The van der Waals surface area contributed by atoms with Crippen LogP contribution >= 0.6 is 11.6 Å². The summed E-state index contributed by atoms with van der Waals surface area (Å²) in [6, 6.07) is 5.55. The van der Waals surface area contributed by atoms with Crippen LogP contribution in [0.25, 0.3) is 5.65 Å². The molecule has 3 aromatic heterocycles. The highest BCUT2D eigenvalue weighted by Crippen LogP contribution is 2.23. The van der Waals surface area contributed by atoms with Gasteiger partial charge in [0.05, 0.1) is 11.9 Å². The number of hydrogen-bond acceptors (Lipinski definition) is 5. The lowest BCUT2D eigenvalue weighted by Crippen LogP contribution is -2.02. The highest BCUT2D eigenvalue weighted by molar-refractivity contribution is 6.29. The van der Waals surface area contributed by atoms with E-state index in [1.165, 1.54) is 10.7 Å². The normalized spacial score (nSPS) is 10.7. The minimum atomic E-state index is 0.271. The van der Waals surface area contributed by atoms with E-state index in [2.05, 4.69) is 27.4 Å². The number of nitrogens with one attached hydrogen (secondary N) is 1. The van der Waals surface area contributed by atoms with Gasteiger partial charge in [-0.1, -0.05) is 18.5 Å². The predicted molar refractivity (Wildman–Crippen MR) is 78.5 cm³/mol. The summed E-state index contributed by atoms with van der Waals surface area (Å²) in [5, 5.41) is 20.9. The molecule has 106 valence electrons. The van der Waals surface area contributed by atoms with Gasteiger partial charge in [0, 0.05) is 24.9 Å². The summed E-state index contributed by atoms with van der Waals surface area (Å²) in [6.45, 7) is 2.95. The lowest BCUT2D eigenvalue weighted by molar-refractivity contribution is 0.605. The Kier molecular flexibility index (Phi) is 3.46. The smallest absolute Gasteiger partial charge is 0.178 e. The summed E-state index contributed by atoms with van der Waals surface area (Å²) < 4.78 is 3.27. The molecular weight excluding hydrogens is 290 g/mol. The maximum Gasteiger partial charge on any atom is 0.178 e. The van der Waals surface area contributed by atoms with E-state index in [0.29, 0.717) is 22.8 Å². The largest absolute Gasteiger partial charge is 0.336 e. The first-order valence-corrected chi connectivity index (χ1v) is 6.84. The van der Waals surface area contributed by atoms with Crippen LogP contribution in [0.1, 0.15) is 19.0 Å². The number of rotatable bonds is 4. The van der Waals surface area contributed by atoms with Gasteiger partial charge in [0.15, 0.2) is 22.3 Å². The van der Waals surface area contributed by atoms with E-state index in [4.69, 9.17) is 16.9 Å². The molecule has 0 saturated carbocycles. The standard InChI is InChI=1S/C13H12ClN7/c1-2-4-20-5-3-12(19-20)17-10-6-11(14)18-21-9(7-15)8-16-13(10)21/h3,5-6,8H,2,4H2,1H3,(H,17,19). The minimum Gasteiger partial charge on any atom is -0.336 e. The number of anilines is 2. The molecule has 0 unspecified atom stereocenters. The summed E-state index contributed by atoms with van der Waals surface area (Å²) >= 11 is 6.00. The first kappa shape index (κ1) is 13.4. The van der Waals surface area contributed by atoms with E-state index in [1.807, 2.05) is 23.0 Å². The number of halogens is 1. The van der Waals surface area contributed by atoms with E-state index in [9.17, 15) is 0 Å². The van der Waals surface area contributed by atoms with Crippen LogP contribution in [0.5, 0.6) is 0 Å². The average Bonchev–Trinajstić information content (AvgIpc) is 3.06. The fourth-order valence-corrected chi connectivity index (χ4v) is 2.21. The lowest BCUT2D eigenvalue weighted by Gasteiger charge is -2.05. The van der Waals surface area contributed by atoms with Crippen molar-refractivity contribution in [3.05, 3.63) is 35.4 Å². The highest BCUT2D eigenvalue weighted by Gasteiger charge is 2.11. The Morgan fingerprint density at radius 2 is 2.29 bits per heavy atom. The number of nitriles is 1. The van der Waals surface area contributed by atoms with Crippen LogP contribution in [-0.2, 0) is 6.54 Å². The Morgan fingerprint density at radius 3 is 3.05 bits per heavy atom. The molecule has 1 N–H and O–H groups in total. The quantitative estimate of drug-likeness (QED) is 0.800. The SMILES string of the molecule is CCCn1ccc(Nc2cc(Cl)nn3c(C#N)cnc23)n1. The number of nitrogens with zero attached hydrogens (tertiary/aromatic N) is 6. The van der Waals surface area contributed by atoms with Crippen molar-refractivity contribution in [3.63, 3.8) is 0 Å². The molecular formula is C13H12ClN7. The van der Waals surface area contributed by atoms with Gasteiger partial charge in [-0.2, -0.15) is 20.0 Å². The van der Waals surface area contributed by atoms with Crippen molar-refractivity contribution in [2.45, 2.75) is 19.9 Å². The van der Waals surface area contributed by atoms with Crippen molar-refractivity contribution in [1.82, 2.24) is 24.4 Å². The molecule has 0 saturated heterocycles. The van der Waals surface area contributed by atoms with Crippen LogP contribution in [0.15, 0.2) is 24.5 Å². The minimum absolute atomic E-state index is 0.271. The molecule has 21 heavy (non-hydrogen) atoms. The Bertz CT molecular complexity index is 827. The fraction of sp³-hybridized carbons (Fsp3) is 0.231. The third-order valence-corrected chi connectivity index (χ3v) is 3.09. The molecule has 0 fully saturated rings. The first-order chi connectivity index (χ1) is 10.2. The van der Waals surface area contributed by atoms with Crippen molar-refractivity contribution < 1.29 is 0 Å². The Morgan fingerprint density at radius 1 is 1.43 bits per heavy atom. The van der Waals surface area contributed by atoms with Crippen molar-refractivity contribution >= 4 is 28.8 Å². The molecule has 7 nitrogen and oxygen atoms in total. The van der Waals surface area contributed by atoms with E-state index < -0.39 is 0 Å². The van der Waals surface area contributed by atoms with Gasteiger partial charge in [-0.3, -0.25) is 4.68 Å². The van der Waals surface area contributed by atoms with Gasteiger partial charge in [0.25, 0.3) is 0 Å². The number of imidazole rings is 1.